The van der Waals surface area contributed by atoms with Gasteiger partial charge in [0, 0.05) is 12.8 Å². The topological polar surface area (TPSA) is 169 Å². The number of carbonyl (C=O) groups is 2. The minimum atomic E-state index is -4.65. The van der Waals surface area contributed by atoms with Gasteiger partial charge in [0.1, 0.15) is 12.7 Å². The van der Waals surface area contributed by atoms with Gasteiger partial charge in [-0.15, -0.1) is 0 Å². The maximum Gasteiger partial charge on any atom is 0.472 e. The predicted octanol–water partition coefficient (Wildman–Crippen LogP) is 7.60. The molecule has 0 fully saturated rings. The monoisotopic (exact) mass is 728 g/mol. The maximum absolute atomic E-state index is 12.5. The van der Waals surface area contributed by atoms with Crippen molar-refractivity contribution in [3.63, 3.8) is 0 Å². The van der Waals surface area contributed by atoms with Crippen LogP contribution in [0.25, 0.3) is 0 Å². The van der Waals surface area contributed by atoms with E-state index in [0.29, 0.717) is 25.2 Å². The second kappa shape index (κ2) is 32.5. The molecule has 0 aliphatic rings. The van der Waals surface area contributed by atoms with E-state index in [-0.39, 0.29) is 12.8 Å². The van der Waals surface area contributed by atoms with Gasteiger partial charge in [0.25, 0.3) is 0 Å². The van der Waals surface area contributed by atoms with Crippen molar-refractivity contribution in [2.45, 2.75) is 135 Å². The number of aliphatic hydroxyl groups excluding tert-OH is 3. The number of hydrogen-bond acceptors (Lipinski definition) is 10. The fourth-order valence-corrected chi connectivity index (χ4v) is 5.17. The van der Waals surface area contributed by atoms with Gasteiger partial charge < -0.3 is 29.7 Å². The van der Waals surface area contributed by atoms with Crippen LogP contribution in [0, 0.1) is 5.92 Å². The Morgan fingerprint density at radius 3 is 1.92 bits per heavy atom. The van der Waals surface area contributed by atoms with Gasteiger partial charge in [-0.3, -0.25) is 18.6 Å². The van der Waals surface area contributed by atoms with Crippen LogP contribution in [-0.2, 0) is 32.7 Å². The maximum atomic E-state index is 12.5. The minimum Gasteiger partial charge on any atom is -0.462 e. The van der Waals surface area contributed by atoms with Gasteiger partial charge in [0.15, 0.2) is 6.10 Å². The lowest BCUT2D eigenvalue weighted by Gasteiger charge is -2.20. The number of phosphoric acid groups is 1. The molecule has 0 saturated carbocycles. The molecular formula is C38H65O11P. The highest BCUT2D eigenvalue weighted by atomic mass is 31.2. The largest absolute Gasteiger partial charge is 0.472 e. The molecule has 0 amide bonds. The molecule has 0 saturated heterocycles. The molecule has 0 heterocycles. The summed E-state index contributed by atoms with van der Waals surface area (Å²) in [4.78, 5) is 34.7. The number of ether oxygens (including phenoxy) is 2. The normalized spacial score (nSPS) is 15.5. The van der Waals surface area contributed by atoms with Gasteiger partial charge in [-0.1, -0.05) is 120 Å². The Morgan fingerprint density at radius 1 is 0.700 bits per heavy atom. The van der Waals surface area contributed by atoms with E-state index in [1.807, 2.05) is 12.2 Å². The second-order valence-corrected chi connectivity index (χ2v) is 14.0. The van der Waals surface area contributed by atoms with Crippen molar-refractivity contribution in [1.29, 1.82) is 0 Å². The van der Waals surface area contributed by atoms with Crippen LogP contribution < -0.4 is 0 Å². The number of esters is 2. The number of carbonyl (C=O) groups excluding carboxylic acids is 2. The highest BCUT2D eigenvalue weighted by Crippen LogP contribution is 2.43. The molecule has 11 nitrogen and oxygen atoms in total. The zero-order valence-corrected chi connectivity index (χ0v) is 31.5. The standard InChI is InChI=1S/C38H65O11P/c1-4-5-6-7-8-9-10-11-12-13-14-18-21-25-34(40)26-23-28-37(42)46-31-36(32-48-50(44,45)47-30-35(41)29-39)49-38(43)27-22-19-16-15-17-20-24-33(2)3/h5-6,8-9,11-12,14,18,21,25,33-36,39-41H,4,7,10,13,15-17,19-20,22-24,26-32H2,1-3H3,(H,44,45)/b6-5-,9-8-,12-11-,18-14-,25-21+/t34?,35-,36+/m0/s1. The third kappa shape index (κ3) is 32.8. The Balaban J connectivity index is 4.59. The Morgan fingerprint density at radius 2 is 1.28 bits per heavy atom. The van der Waals surface area contributed by atoms with Crippen LogP contribution in [0.3, 0.4) is 0 Å². The van der Waals surface area contributed by atoms with Gasteiger partial charge in [-0.2, -0.15) is 0 Å². The van der Waals surface area contributed by atoms with Gasteiger partial charge in [-0.25, -0.2) is 4.57 Å². The third-order valence-corrected chi connectivity index (χ3v) is 8.17. The predicted molar refractivity (Wildman–Crippen MR) is 197 cm³/mol. The van der Waals surface area contributed by atoms with Crippen LogP contribution in [0.2, 0.25) is 0 Å². The van der Waals surface area contributed by atoms with E-state index in [1.54, 1.807) is 12.2 Å². The summed E-state index contributed by atoms with van der Waals surface area (Å²) in [5, 5.41) is 28.4. The summed E-state index contributed by atoms with van der Waals surface area (Å²) in [6.07, 6.45) is 28.4. The lowest BCUT2D eigenvalue weighted by atomic mass is 10.0. The van der Waals surface area contributed by atoms with Crippen molar-refractivity contribution in [2.75, 3.05) is 26.4 Å². The fraction of sp³-hybridized carbons (Fsp3) is 0.684. The first-order valence-corrected chi connectivity index (χ1v) is 19.7. The van der Waals surface area contributed by atoms with E-state index >= 15 is 0 Å². The van der Waals surface area contributed by atoms with E-state index < -0.39 is 64.5 Å². The molecule has 12 heteroatoms. The summed E-state index contributed by atoms with van der Waals surface area (Å²) >= 11 is 0. The molecule has 0 aromatic carbocycles. The molecule has 0 aliphatic carbocycles. The van der Waals surface area contributed by atoms with E-state index in [2.05, 4.69) is 61.8 Å². The highest BCUT2D eigenvalue weighted by molar-refractivity contribution is 7.47. The first kappa shape index (κ1) is 47.6. The zero-order chi connectivity index (χ0) is 37.3. The van der Waals surface area contributed by atoms with Crippen molar-refractivity contribution in [3.8, 4) is 0 Å². The number of rotatable bonds is 32. The van der Waals surface area contributed by atoms with Gasteiger partial charge in [0.2, 0.25) is 0 Å². The van der Waals surface area contributed by atoms with E-state index in [1.165, 1.54) is 12.8 Å². The van der Waals surface area contributed by atoms with Crippen LogP contribution in [0.4, 0.5) is 0 Å². The fourth-order valence-electron chi connectivity index (χ4n) is 4.38. The van der Waals surface area contributed by atoms with Crippen LogP contribution in [0.1, 0.15) is 117 Å². The summed E-state index contributed by atoms with van der Waals surface area (Å²) < 4.78 is 32.3. The summed E-state index contributed by atoms with van der Waals surface area (Å²) in [7, 11) is -4.65. The number of phosphoric ester groups is 1. The summed E-state index contributed by atoms with van der Waals surface area (Å²) in [6.45, 7) is 4.20. The Bertz CT molecular complexity index is 1050. The Kier molecular flexibility index (Phi) is 31.0. The van der Waals surface area contributed by atoms with Crippen molar-refractivity contribution < 1.29 is 52.9 Å². The molecule has 0 rings (SSSR count). The average Bonchev–Trinajstić information content (AvgIpc) is 3.08. The number of unbranched alkanes of at least 4 members (excludes halogenated alkanes) is 5. The molecule has 0 bridgehead atoms. The summed E-state index contributed by atoms with van der Waals surface area (Å²) in [6, 6.07) is 0. The number of aliphatic hydroxyl groups is 3. The van der Waals surface area contributed by atoms with Gasteiger partial charge in [-0.05, 0) is 50.9 Å². The van der Waals surface area contributed by atoms with Crippen molar-refractivity contribution in [3.05, 3.63) is 60.8 Å². The van der Waals surface area contributed by atoms with E-state index in [0.717, 1.165) is 51.4 Å². The van der Waals surface area contributed by atoms with Gasteiger partial charge in [0.05, 0.1) is 25.9 Å². The number of hydrogen-bond donors (Lipinski definition) is 4. The molecule has 0 spiro atoms. The highest BCUT2D eigenvalue weighted by Gasteiger charge is 2.27. The Hall–Kier alpha value is -2.37. The smallest absolute Gasteiger partial charge is 0.462 e. The van der Waals surface area contributed by atoms with Crippen LogP contribution in [-0.4, -0.2) is 76.9 Å². The molecule has 4 N–H and O–H groups in total. The van der Waals surface area contributed by atoms with Gasteiger partial charge >= 0.3 is 19.8 Å². The molecule has 2 unspecified atom stereocenters. The van der Waals surface area contributed by atoms with Crippen molar-refractivity contribution >= 4 is 19.8 Å². The molecule has 0 aliphatic heterocycles. The van der Waals surface area contributed by atoms with Crippen LogP contribution >= 0.6 is 7.82 Å². The molecule has 50 heavy (non-hydrogen) atoms. The van der Waals surface area contributed by atoms with E-state index in [4.69, 9.17) is 19.1 Å². The third-order valence-electron chi connectivity index (χ3n) is 7.22. The van der Waals surface area contributed by atoms with Crippen LogP contribution in [0.15, 0.2) is 60.8 Å². The molecule has 0 aromatic heterocycles. The summed E-state index contributed by atoms with van der Waals surface area (Å²) in [5.41, 5.74) is 0. The number of allylic oxidation sites excluding steroid dienone is 9. The van der Waals surface area contributed by atoms with Crippen LogP contribution in [0.5, 0.6) is 0 Å². The van der Waals surface area contributed by atoms with Crippen molar-refractivity contribution in [1.82, 2.24) is 0 Å². The van der Waals surface area contributed by atoms with E-state index in [9.17, 15) is 29.3 Å². The molecule has 4 atom stereocenters. The Labute approximate surface area is 300 Å². The molecule has 288 valence electrons. The van der Waals surface area contributed by atoms with Crippen molar-refractivity contribution in [2.24, 2.45) is 5.92 Å². The lowest BCUT2D eigenvalue weighted by molar-refractivity contribution is -0.161. The first-order chi connectivity index (χ1) is 24.0. The second-order valence-electron chi connectivity index (χ2n) is 12.5. The lowest BCUT2D eigenvalue weighted by Crippen LogP contribution is -2.30. The average molecular weight is 729 g/mol. The summed E-state index contributed by atoms with van der Waals surface area (Å²) in [5.74, 6) is -0.447. The molecular weight excluding hydrogens is 663 g/mol. The molecule has 0 radical (unpaired) electrons. The SMILES string of the molecule is CC/C=C\C/C=C\C/C=C\C/C=C\C=C\C(O)CCCC(=O)OC[C@H](COP(=O)(O)OC[C@@H](O)CO)OC(=O)CCCCCCCCC(C)C. The zero-order valence-electron chi connectivity index (χ0n) is 30.6. The quantitative estimate of drug-likeness (QED) is 0.0177. The first-order valence-electron chi connectivity index (χ1n) is 18.2. The minimum absolute atomic E-state index is 0.00815. The molecule has 0 aromatic rings.